The molecule has 0 saturated carbocycles. The highest BCUT2D eigenvalue weighted by Gasteiger charge is 2.13. The Morgan fingerprint density at radius 1 is 1.04 bits per heavy atom. The number of nitrogens with one attached hydrogen (secondary N) is 1. The van der Waals surface area contributed by atoms with Gasteiger partial charge in [-0.1, -0.05) is 12.1 Å². The van der Waals surface area contributed by atoms with Gasteiger partial charge in [0.2, 0.25) is 0 Å². The molecule has 1 N–H and O–H groups in total. The van der Waals surface area contributed by atoms with Crippen molar-refractivity contribution in [1.29, 1.82) is 0 Å². The molecule has 3 aromatic rings. The Labute approximate surface area is 163 Å². The summed E-state index contributed by atoms with van der Waals surface area (Å²) in [5, 5.41) is 4.87. The number of hydrogen-bond donors (Lipinski definition) is 1. The smallest absolute Gasteiger partial charge is 0.265 e. The summed E-state index contributed by atoms with van der Waals surface area (Å²) in [7, 11) is 1.59. The summed E-state index contributed by atoms with van der Waals surface area (Å²) in [6.07, 6.45) is 0. The van der Waals surface area contributed by atoms with E-state index in [1.54, 1.807) is 7.11 Å². The molecule has 0 spiro atoms. The zero-order valence-electron chi connectivity index (χ0n) is 16.0. The van der Waals surface area contributed by atoms with Gasteiger partial charge in [0.15, 0.2) is 0 Å². The van der Waals surface area contributed by atoms with Gasteiger partial charge < -0.3 is 14.8 Å². The number of ether oxygens (including phenoxy) is 2. The SMILES string of the molecule is COc1ccc(C)cc1NC(=O)c1cc(COc2ccc(C)c(C)c2)cs1. The number of rotatable bonds is 6. The molecule has 5 heteroatoms. The summed E-state index contributed by atoms with van der Waals surface area (Å²) in [5.41, 5.74) is 5.14. The topological polar surface area (TPSA) is 47.6 Å². The first-order valence-electron chi connectivity index (χ1n) is 8.69. The molecule has 0 bridgehead atoms. The average Bonchev–Trinajstić information content (AvgIpc) is 3.12. The van der Waals surface area contributed by atoms with Crippen molar-refractivity contribution >= 4 is 22.9 Å². The molecule has 0 saturated heterocycles. The molecule has 3 rings (SSSR count). The Kier molecular flexibility index (Phi) is 5.81. The van der Waals surface area contributed by atoms with Crippen LogP contribution in [0.25, 0.3) is 0 Å². The molecule has 0 unspecified atom stereocenters. The number of aryl methyl sites for hydroxylation is 3. The lowest BCUT2D eigenvalue weighted by Gasteiger charge is -2.10. The van der Waals surface area contributed by atoms with Crippen molar-refractivity contribution in [2.75, 3.05) is 12.4 Å². The highest BCUT2D eigenvalue weighted by molar-refractivity contribution is 7.12. The number of amides is 1. The van der Waals surface area contributed by atoms with Crippen molar-refractivity contribution in [2.45, 2.75) is 27.4 Å². The molecule has 0 atom stereocenters. The monoisotopic (exact) mass is 381 g/mol. The maximum Gasteiger partial charge on any atom is 0.265 e. The molecule has 1 aromatic heterocycles. The fraction of sp³-hybridized carbons (Fsp3) is 0.227. The number of methoxy groups -OCH3 is 1. The van der Waals surface area contributed by atoms with Gasteiger partial charge in [-0.25, -0.2) is 0 Å². The minimum absolute atomic E-state index is 0.152. The van der Waals surface area contributed by atoms with Gasteiger partial charge in [0.1, 0.15) is 18.1 Å². The van der Waals surface area contributed by atoms with Gasteiger partial charge in [-0.15, -0.1) is 11.3 Å². The minimum atomic E-state index is -0.152. The molecular weight excluding hydrogens is 358 g/mol. The first-order valence-corrected chi connectivity index (χ1v) is 9.57. The van der Waals surface area contributed by atoms with E-state index < -0.39 is 0 Å². The maximum absolute atomic E-state index is 12.6. The highest BCUT2D eigenvalue weighted by atomic mass is 32.1. The zero-order chi connectivity index (χ0) is 19.4. The Bertz CT molecular complexity index is 962. The van der Waals surface area contributed by atoms with Crippen LogP contribution in [0.15, 0.2) is 47.8 Å². The number of hydrogen-bond acceptors (Lipinski definition) is 4. The fourth-order valence-corrected chi connectivity index (χ4v) is 3.44. The summed E-state index contributed by atoms with van der Waals surface area (Å²) in [6, 6.07) is 13.6. The van der Waals surface area contributed by atoms with Gasteiger partial charge in [-0.3, -0.25) is 4.79 Å². The molecular formula is C22H23NO3S. The fourth-order valence-electron chi connectivity index (χ4n) is 2.64. The largest absolute Gasteiger partial charge is 0.495 e. The predicted molar refractivity (Wildman–Crippen MR) is 110 cm³/mol. The van der Waals surface area contributed by atoms with Crippen LogP contribution in [-0.4, -0.2) is 13.0 Å². The standard InChI is InChI=1S/C22H23NO3S/c1-14-5-8-20(25-4)19(9-14)23-22(24)21-11-17(13-27-21)12-26-18-7-6-15(2)16(3)10-18/h5-11,13H,12H2,1-4H3,(H,23,24). The third kappa shape index (κ3) is 4.68. The number of benzene rings is 2. The maximum atomic E-state index is 12.6. The Hall–Kier alpha value is -2.79. The first-order chi connectivity index (χ1) is 13.0. The Morgan fingerprint density at radius 3 is 2.59 bits per heavy atom. The molecule has 0 aliphatic heterocycles. The number of carbonyl (C=O) groups is 1. The van der Waals surface area contributed by atoms with Gasteiger partial charge in [0, 0.05) is 5.56 Å². The van der Waals surface area contributed by atoms with Gasteiger partial charge in [0.25, 0.3) is 5.91 Å². The van der Waals surface area contributed by atoms with Crippen molar-refractivity contribution < 1.29 is 14.3 Å². The van der Waals surface area contributed by atoms with Crippen LogP contribution in [0.2, 0.25) is 0 Å². The van der Waals surface area contributed by atoms with Gasteiger partial charge in [-0.05, 0) is 73.2 Å². The van der Waals surface area contributed by atoms with Gasteiger partial charge in [-0.2, -0.15) is 0 Å². The summed E-state index contributed by atoms with van der Waals surface area (Å²) in [4.78, 5) is 13.2. The van der Waals surface area contributed by atoms with E-state index in [9.17, 15) is 4.79 Å². The number of anilines is 1. The Balaban J connectivity index is 1.65. The summed E-state index contributed by atoms with van der Waals surface area (Å²) < 4.78 is 11.2. The molecule has 4 nitrogen and oxygen atoms in total. The van der Waals surface area contributed by atoms with Crippen LogP contribution in [0.1, 0.15) is 31.9 Å². The zero-order valence-corrected chi connectivity index (χ0v) is 16.8. The lowest BCUT2D eigenvalue weighted by atomic mass is 10.1. The first kappa shape index (κ1) is 19.0. The van der Waals surface area contributed by atoms with E-state index in [2.05, 4.69) is 19.2 Å². The average molecular weight is 381 g/mol. The quantitative estimate of drug-likeness (QED) is 0.612. The van der Waals surface area contributed by atoms with Gasteiger partial charge in [0.05, 0.1) is 17.7 Å². The summed E-state index contributed by atoms with van der Waals surface area (Å²) in [5.74, 6) is 1.32. The van der Waals surface area contributed by atoms with Crippen molar-refractivity contribution in [2.24, 2.45) is 0 Å². The molecule has 0 aliphatic carbocycles. The van der Waals surface area contributed by atoms with Crippen LogP contribution in [0, 0.1) is 20.8 Å². The van der Waals surface area contributed by atoms with Crippen LogP contribution in [0.3, 0.4) is 0 Å². The van der Waals surface area contributed by atoms with Crippen LogP contribution >= 0.6 is 11.3 Å². The van der Waals surface area contributed by atoms with Crippen LogP contribution in [0.4, 0.5) is 5.69 Å². The van der Waals surface area contributed by atoms with Crippen molar-refractivity contribution in [3.05, 3.63) is 75.0 Å². The van der Waals surface area contributed by atoms with E-state index in [1.807, 2.05) is 54.8 Å². The predicted octanol–water partition coefficient (Wildman–Crippen LogP) is 5.51. The third-order valence-electron chi connectivity index (χ3n) is 4.36. The summed E-state index contributed by atoms with van der Waals surface area (Å²) in [6.45, 7) is 6.55. The van der Waals surface area contributed by atoms with E-state index in [1.165, 1.54) is 22.5 Å². The molecule has 2 aromatic carbocycles. The van der Waals surface area contributed by atoms with Crippen molar-refractivity contribution in [3.8, 4) is 11.5 Å². The third-order valence-corrected chi connectivity index (χ3v) is 5.34. The van der Waals surface area contributed by atoms with Crippen molar-refractivity contribution in [1.82, 2.24) is 0 Å². The molecule has 0 fully saturated rings. The van der Waals surface area contributed by atoms with Crippen LogP contribution in [-0.2, 0) is 6.61 Å². The van der Waals surface area contributed by atoms with E-state index >= 15 is 0 Å². The van der Waals surface area contributed by atoms with E-state index in [0.29, 0.717) is 22.9 Å². The van der Waals surface area contributed by atoms with E-state index in [4.69, 9.17) is 9.47 Å². The van der Waals surface area contributed by atoms with Crippen molar-refractivity contribution in [3.63, 3.8) is 0 Å². The minimum Gasteiger partial charge on any atom is -0.495 e. The normalized spacial score (nSPS) is 10.5. The van der Waals surface area contributed by atoms with E-state index in [-0.39, 0.29) is 5.91 Å². The lowest BCUT2D eigenvalue weighted by molar-refractivity contribution is 0.103. The molecule has 1 amide bonds. The summed E-state index contributed by atoms with van der Waals surface area (Å²) >= 11 is 1.40. The molecule has 140 valence electrons. The van der Waals surface area contributed by atoms with Gasteiger partial charge >= 0.3 is 0 Å². The molecule has 1 heterocycles. The number of carbonyl (C=O) groups excluding carboxylic acids is 1. The lowest BCUT2D eigenvalue weighted by Crippen LogP contribution is -2.11. The Morgan fingerprint density at radius 2 is 1.85 bits per heavy atom. The molecule has 0 radical (unpaired) electrons. The second kappa shape index (κ2) is 8.27. The molecule has 0 aliphatic rings. The van der Waals surface area contributed by atoms with Crippen LogP contribution < -0.4 is 14.8 Å². The highest BCUT2D eigenvalue weighted by Crippen LogP contribution is 2.27. The molecule has 27 heavy (non-hydrogen) atoms. The second-order valence-corrected chi connectivity index (χ2v) is 7.42. The van der Waals surface area contributed by atoms with E-state index in [0.717, 1.165) is 16.9 Å². The second-order valence-electron chi connectivity index (χ2n) is 6.51. The van der Waals surface area contributed by atoms with Crippen LogP contribution in [0.5, 0.6) is 11.5 Å². The number of thiophene rings is 1.